The van der Waals surface area contributed by atoms with E-state index in [2.05, 4.69) is 11.0 Å². The van der Waals surface area contributed by atoms with Crippen LogP contribution in [-0.4, -0.2) is 32.4 Å². The molecule has 3 nitrogen and oxygen atoms in total. The largest absolute Gasteiger partial charge is 0.496 e. The number of aliphatic hydroxyl groups excluding tert-OH is 1. The number of benzene rings is 1. The van der Waals surface area contributed by atoms with Crippen molar-refractivity contribution in [3.8, 4) is 5.75 Å². The quantitative estimate of drug-likeness (QED) is 0.803. The van der Waals surface area contributed by atoms with Crippen molar-refractivity contribution in [2.75, 3.05) is 32.2 Å². The van der Waals surface area contributed by atoms with Gasteiger partial charge in [0.05, 0.1) is 7.11 Å². The van der Waals surface area contributed by atoms with Gasteiger partial charge in [-0.2, -0.15) is 0 Å². The Morgan fingerprint density at radius 2 is 2.13 bits per heavy atom. The predicted octanol–water partition coefficient (Wildman–Crippen LogP) is 1.82. The third-order valence-corrected chi connectivity index (χ3v) is 2.47. The minimum absolute atomic E-state index is 0.236. The number of aryl methyl sites for hydroxylation is 1. The van der Waals surface area contributed by atoms with Crippen molar-refractivity contribution in [1.29, 1.82) is 0 Å². The van der Waals surface area contributed by atoms with E-state index < -0.39 is 0 Å². The van der Waals surface area contributed by atoms with Crippen LogP contribution in [0.1, 0.15) is 12.0 Å². The van der Waals surface area contributed by atoms with Gasteiger partial charge in [-0.1, -0.05) is 0 Å². The molecule has 0 spiro atoms. The fourth-order valence-electron chi connectivity index (χ4n) is 1.54. The molecule has 0 fully saturated rings. The summed E-state index contributed by atoms with van der Waals surface area (Å²) >= 11 is 0. The highest BCUT2D eigenvalue weighted by Gasteiger charge is 2.03. The van der Waals surface area contributed by atoms with E-state index in [0.717, 1.165) is 30.0 Å². The molecule has 0 saturated heterocycles. The van der Waals surface area contributed by atoms with Gasteiger partial charge in [-0.3, -0.25) is 0 Å². The molecule has 0 unspecified atom stereocenters. The summed E-state index contributed by atoms with van der Waals surface area (Å²) in [5.74, 6) is 0.911. The number of rotatable bonds is 5. The van der Waals surface area contributed by atoms with Crippen LogP contribution in [0, 0.1) is 6.92 Å². The molecule has 1 aromatic carbocycles. The van der Waals surface area contributed by atoms with Gasteiger partial charge >= 0.3 is 0 Å². The van der Waals surface area contributed by atoms with Crippen LogP contribution in [0.25, 0.3) is 0 Å². The number of hydrogen-bond acceptors (Lipinski definition) is 3. The minimum Gasteiger partial charge on any atom is -0.496 e. The maximum absolute atomic E-state index is 8.75. The lowest BCUT2D eigenvalue weighted by Gasteiger charge is -2.19. The second kappa shape index (κ2) is 5.61. The first-order chi connectivity index (χ1) is 7.19. The lowest BCUT2D eigenvalue weighted by molar-refractivity contribution is 0.290. The third kappa shape index (κ3) is 3.13. The smallest absolute Gasteiger partial charge is 0.121 e. The molecule has 0 aliphatic rings. The fraction of sp³-hybridized carbons (Fsp3) is 0.500. The topological polar surface area (TPSA) is 32.7 Å². The Kier molecular flexibility index (Phi) is 4.43. The zero-order valence-electron chi connectivity index (χ0n) is 9.66. The molecular weight excluding hydrogens is 190 g/mol. The number of methoxy groups -OCH3 is 1. The SMILES string of the molecule is COc1ccc(N(C)CCCO)cc1C. The van der Waals surface area contributed by atoms with E-state index in [1.54, 1.807) is 7.11 Å². The van der Waals surface area contributed by atoms with E-state index in [4.69, 9.17) is 9.84 Å². The van der Waals surface area contributed by atoms with Crippen molar-refractivity contribution in [2.45, 2.75) is 13.3 Å². The van der Waals surface area contributed by atoms with E-state index in [1.165, 1.54) is 0 Å². The van der Waals surface area contributed by atoms with Gasteiger partial charge in [0.25, 0.3) is 0 Å². The molecule has 1 aromatic rings. The second-order valence-electron chi connectivity index (χ2n) is 3.65. The molecule has 0 radical (unpaired) electrons. The summed E-state index contributed by atoms with van der Waals surface area (Å²) in [7, 11) is 3.70. The zero-order chi connectivity index (χ0) is 11.3. The first-order valence-corrected chi connectivity index (χ1v) is 5.15. The number of anilines is 1. The van der Waals surface area contributed by atoms with Gasteiger partial charge in [-0.05, 0) is 37.1 Å². The van der Waals surface area contributed by atoms with Gasteiger partial charge in [0, 0.05) is 25.9 Å². The molecule has 0 bridgehead atoms. The molecule has 0 atom stereocenters. The van der Waals surface area contributed by atoms with Gasteiger partial charge in [-0.15, -0.1) is 0 Å². The summed E-state index contributed by atoms with van der Waals surface area (Å²) in [6.07, 6.45) is 0.793. The Bertz CT molecular complexity index is 312. The average Bonchev–Trinajstić information content (AvgIpc) is 2.25. The molecule has 0 aliphatic heterocycles. The van der Waals surface area contributed by atoms with Crippen LogP contribution in [0.5, 0.6) is 5.75 Å². The van der Waals surface area contributed by atoms with E-state index in [-0.39, 0.29) is 6.61 Å². The lowest BCUT2D eigenvalue weighted by atomic mass is 10.2. The first kappa shape index (κ1) is 11.9. The van der Waals surface area contributed by atoms with Crippen molar-refractivity contribution in [1.82, 2.24) is 0 Å². The number of nitrogens with zero attached hydrogens (tertiary/aromatic N) is 1. The lowest BCUT2D eigenvalue weighted by Crippen LogP contribution is -2.19. The predicted molar refractivity (Wildman–Crippen MR) is 62.7 cm³/mol. The van der Waals surface area contributed by atoms with E-state index in [1.807, 2.05) is 26.1 Å². The summed E-state index contributed by atoms with van der Waals surface area (Å²) in [5.41, 5.74) is 2.28. The maximum Gasteiger partial charge on any atom is 0.121 e. The van der Waals surface area contributed by atoms with Crippen molar-refractivity contribution >= 4 is 5.69 Å². The zero-order valence-corrected chi connectivity index (χ0v) is 9.66. The average molecular weight is 209 g/mol. The van der Waals surface area contributed by atoms with Crippen molar-refractivity contribution < 1.29 is 9.84 Å². The van der Waals surface area contributed by atoms with Crippen LogP contribution < -0.4 is 9.64 Å². The van der Waals surface area contributed by atoms with E-state index in [0.29, 0.717) is 0 Å². The summed E-state index contributed by atoms with van der Waals surface area (Å²) in [4.78, 5) is 2.13. The Balaban J connectivity index is 2.73. The highest BCUT2D eigenvalue weighted by atomic mass is 16.5. The standard InChI is InChI=1S/C12H19NO2/c1-10-9-11(5-6-12(10)15-3)13(2)7-4-8-14/h5-6,9,14H,4,7-8H2,1-3H3. The fourth-order valence-corrected chi connectivity index (χ4v) is 1.54. The number of ether oxygens (including phenoxy) is 1. The van der Waals surface area contributed by atoms with Crippen molar-refractivity contribution in [2.24, 2.45) is 0 Å². The van der Waals surface area contributed by atoms with Crippen LogP contribution in [0.3, 0.4) is 0 Å². The molecule has 0 amide bonds. The minimum atomic E-state index is 0.236. The molecule has 0 saturated carbocycles. The van der Waals surface area contributed by atoms with Crippen molar-refractivity contribution in [3.63, 3.8) is 0 Å². The van der Waals surface area contributed by atoms with Crippen LogP contribution in [0.2, 0.25) is 0 Å². The third-order valence-electron chi connectivity index (χ3n) is 2.47. The summed E-state index contributed by atoms with van der Waals surface area (Å²) < 4.78 is 5.20. The Morgan fingerprint density at radius 3 is 2.67 bits per heavy atom. The van der Waals surface area contributed by atoms with Crippen LogP contribution >= 0.6 is 0 Å². The van der Waals surface area contributed by atoms with E-state index >= 15 is 0 Å². The van der Waals surface area contributed by atoms with Gasteiger partial charge in [0.15, 0.2) is 0 Å². The normalized spacial score (nSPS) is 10.1. The van der Waals surface area contributed by atoms with Crippen molar-refractivity contribution in [3.05, 3.63) is 23.8 Å². The summed E-state index contributed by atoms with van der Waals surface area (Å²) in [5, 5.41) is 8.75. The Morgan fingerprint density at radius 1 is 1.40 bits per heavy atom. The van der Waals surface area contributed by atoms with Gasteiger partial charge in [0.2, 0.25) is 0 Å². The molecule has 0 aliphatic carbocycles. The maximum atomic E-state index is 8.75. The summed E-state index contributed by atoms with van der Waals surface area (Å²) in [6.45, 7) is 3.13. The second-order valence-corrected chi connectivity index (χ2v) is 3.65. The Labute approximate surface area is 91.3 Å². The van der Waals surface area contributed by atoms with Crippen LogP contribution in [-0.2, 0) is 0 Å². The molecule has 1 rings (SSSR count). The van der Waals surface area contributed by atoms with Crippen LogP contribution in [0.15, 0.2) is 18.2 Å². The number of aliphatic hydroxyl groups is 1. The molecule has 84 valence electrons. The monoisotopic (exact) mass is 209 g/mol. The first-order valence-electron chi connectivity index (χ1n) is 5.15. The van der Waals surface area contributed by atoms with Crippen LogP contribution in [0.4, 0.5) is 5.69 Å². The molecule has 15 heavy (non-hydrogen) atoms. The van der Waals surface area contributed by atoms with Gasteiger partial charge in [-0.25, -0.2) is 0 Å². The molecular formula is C12H19NO2. The van der Waals surface area contributed by atoms with Gasteiger partial charge < -0.3 is 14.7 Å². The summed E-state index contributed by atoms with van der Waals surface area (Å²) in [6, 6.07) is 6.10. The van der Waals surface area contributed by atoms with E-state index in [9.17, 15) is 0 Å². The molecule has 1 N–H and O–H groups in total. The number of hydrogen-bond donors (Lipinski definition) is 1. The molecule has 0 heterocycles. The highest BCUT2D eigenvalue weighted by molar-refractivity contribution is 5.52. The molecule has 3 heteroatoms. The van der Waals surface area contributed by atoms with Gasteiger partial charge in [0.1, 0.15) is 5.75 Å². The molecule has 0 aromatic heterocycles. The highest BCUT2D eigenvalue weighted by Crippen LogP contribution is 2.23. The Hall–Kier alpha value is -1.22.